The molecule has 4 heteroatoms. The van der Waals surface area contributed by atoms with Gasteiger partial charge in [0.05, 0.1) is 11.4 Å². The molecule has 288 valence electrons. The summed E-state index contributed by atoms with van der Waals surface area (Å²) in [5, 5.41) is 4.69. The Kier molecular flexibility index (Phi) is 10.00. The second-order valence-electron chi connectivity index (χ2n) is 15.9. The second-order valence-corrected chi connectivity index (χ2v) is 15.9. The van der Waals surface area contributed by atoms with E-state index in [4.69, 9.17) is 9.97 Å². The van der Waals surface area contributed by atoms with Crippen molar-refractivity contribution in [3.63, 3.8) is 0 Å². The largest absolute Gasteiger partial charge is 0.294 e. The predicted molar refractivity (Wildman–Crippen MR) is 250 cm³/mol. The van der Waals surface area contributed by atoms with Gasteiger partial charge in [0.1, 0.15) is 11.6 Å². The number of nitrogens with zero attached hydrogens (tertiary/aromatic N) is 4. The molecular formula is C55H48N4. The number of anilines is 6. The van der Waals surface area contributed by atoms with Gasteiger partial charge < -0.3 is 0 Å². The number of hydrogen-bond acceptors (Lipinski definition) is 4. The van der Waals surface area contributed by atoms with E-state index in [1.54, 1.807) is 0 Å². The van der Waals surface area contributed by atoms with Gasteiger partial charge in [-0.05, 0) is 132 Å². The third kappa shape index (κ3) is 6.91. The molecule has 0 N–H and O–H groups in total. The maximum absolute atomic E-state index is 5.00. The zero-order chi connectivity index (χ0) is 40.5. The topological polar surface area (TPSA) is 32.3 Å². The summed E-state index contributed by atoms with van der Waals surface area (Å²) in [4.78, 5) is 14.5. The molecule has 0 spiro atoms. The standard InChI is InChI=1S/C55H48N4/c1-6-40-19-9-12-26-49(40)55(4,5)50-37-44(59(54-30-14-16-34-57-54)52-28-18-23-42-21-8-11-25-46(42)52)36-48(39(50)3)47-35-43(32-31-38(47)2)58(53-29-13-15-33-56-53)51-27-17-22-41-20-7-10-24-45(41)51/h6-11,13-25,27-37H,1,12,26H2,2-5H3. The lowest BCUT2D eigenvalue weighted by Crippen LogP contribution is -2.25. The molecule has 0 unspecified atom stereocenters. The van der Waals surface area contributed by atoms with Crippen molar-refractivity contribution in [1.29, 1.82) is 0 Å². The minimum absolute atomic E-state index is 0.313. The van der Waals surface area contributed by atoms with Gasteiger partial charge in [0.2, 0.25) is 0 Å². The maximum Gasteiger partial charge on any atom is 0.137 e. The van der Waals surface area contributed by atoms with Crippen molar-refractivity contribution in [3.05, 3.63) is 217 Å². The fourth-order valence-electron chi connectivity index (χ4n) is 9.07. The lowest BCUT2D eigenvalue weighted by molar-refractivity contribution is 0.583. The van der Waals surface area contributed by atoms with Crippen LogP contribution in [0.4, 0.5) is 34.4 Å². The van der Waals surface area contributed by atoms with Gasteiger partial charge in [0.25, 0.3) is 0 Å². The van der Waals surface area contributed by atoms with Crippen LogP contribution in [-0.2, 0) is 5.41 Å². The molecule has 0 bridgehead atoms. The van der Waals surface area contributed by atoms with Gasteiger partial charge in [-0.25, -0.2) is 9.97 Å². The number of aromatic nitrogens is 2. The minimum Gasteiger partial charge on any atom is -0.294 e. The van der Waals surface area contributed by atoms with Crippen LogP contribution in [0.2, 0.25) is 0 Å². The molecule has 59 heavy (non-hydrogen) atoms. The number of hydrogen-bond donors (Lipinski definition) is 0. The first kappa shape index (κ1) is 37.5. The molecular weight excluding hydrogens is 717 g/mol. The minimum atomic E-state index is -0.313. The highest BCUT2D eigenvalue weighted by atomic mass is 15.2. The van der Waals surface area contributed by atoms with E-state index in [-0.39, 0.29) is 5.41 Å². The van der Waals surface area contributed by atoms with Crippen LogP contribution in [0.5, 0.6) is 0 Å². The lowest BCUT2D eigenvalue weighted by Gasteiger charge is -2.36. The van der Waals surface area contributed by atoms with E-state index in [2.05, 4.69) is 196 Å². The van der Waals surface area contributed by atoms with Gasteiger partial charge in [0, 0.05) is 40.0 Å². The van der Waals surface area contributed by atoms with E-state index in [0.29, 0.717) is 0 Å². The third-order valence-corrected chi connectivity index (χ3v) is 12.0. The average Bonchev–Trinajstić information content (AvgIpc) is 3.28. The van der Waals surface area contributed by atoms with Crippen LogP contribution < -0.4 is 9.80 Å². The summed E-state index contributed by atoms with van der Waals surface area (Å²) in [7, 11) is 0. The molecule has 8 aromatic rings. The summed E-state index contributed by atoms with van der Waals surface area (Å²) < 4.78 is 0. The molecule has 0 aliphatic heterocycles. The number of rotatable bonds is 10. The summed E-state index contributed by atoms with van der Waals surface area (Å²) in [6.07, 6.45) is 12.3. The Balaban J connectivity index is 1.33. The number of allylic oxidation sites excluding steroid dienone is 5. The van der Waals surface area contributed by atoms with Crippen molar-refractivity contribution in [3.8, 4) is 11.1 Å². The van der Waals surface area contributed by atoms with Crippen LogP contribution in [0.15, 0.2) is 200 Å². The fourth-order valence-corrected chi connectivity index (χ4v) is 9.07. The van der Waals surface area contributed by atoms with Crippen molar-refractivity contribution in [2.24, 2.45) is 0 Å². The van der Waals surface area contributed by atoms with Gasteiger partial charge in [-0.3, -0.25) is 9.80 Å². The van der Waals surface area contributed by atoms with Gasteiger partial charge >= 0.3 is 0 Å². The van der Waals surface area contributed by atoms with Gasteiger partial charge in [-0.15, -0.1) is 0 Å². The van der Waals surface area contributed by atoms with E-state index in [1.807, 2.05) is 30.6 Å². The van der Waals surface area contributed by atoms with Crippen molar-refractivity contribution in [2.45, 2.75) is 46.0 Å². The van der Waals surface area contributed by atoms with Crippen molar-refractivity contribution in [2.75, 3.05) is 9.80 Å². The molecule has 9 rings (SSSR count). The highest BCUT2D eigenvalue weighted by molar-refractivity contribution is 6.00. The first-order chi connectivity index (χ1) is 28.8. The zero-order valence-corrected chi connectivity index (χ0v) is 34.2. The van der Waals surface area contributed by atoms with Crippen LogP contribution in [0, 0.1) is 13.8 Å². The molecule has 4 nitrogen and oxygen atoms in total. The van der Waals surface area contributed by atoms with Crippen LogP contribution in [0.25, 0.3) is 32.7 Å². The molecule has 0 atom stereocenters. The Hall–Kier alpha value is -7.04. The smallest absolute Gasteiger partial charge is 0.137 e. The summed E-state index contributed by atoms with van der Waals surface area (Å²) in [5.41, 5.74) is 12.6. The van der Waals surface area contributed by atoms with E-state index in [9.17, 15) is 0 Å². The zero-order valence-electron chi connectivity index (χ0n) is 34.2. The quantitative estimate of drug-likeness (QED) is 0.139. The first-order valence-electron chi connectivity index (χ1n) is 20.5. The van der Waals surface area contributed by atoms with Crippen LogP contribution in [0.3, 0.4) is 0 Å². The normalized spacial score (nSPS) is 12.9. The van der Waals surface area contributed by atoms with E-state index < -0.39 is 0 Å². The lowest BCUT2D eigenvalue weighted by atomic mass is 9.70. The van der Waals surface area contributed by atoms with Crippen LogP contribution in [-0.4, -0.2) is 9.97 Å². The van der Waals surface area contributed by atoms with Crippen molar-refractivity contribution in [1.82, 2.24) is 9.97 Å². The van der Waals surface area contributed by atoms with Gasteiger partial charge in [-0.1, -0.05) is 135 Å². The first-order valence-corrected chi connectivity index (χ1v) is 20.5. The molecule has 0 saturated carbocycles. The molecule has 6 aromatic carbocycles. The number of fused-ring (bicyclic) bond motifs is 2. The Bertz CT molecular complexity index is 2890. The highest BCUT2D eigenvalue weighted by Gasteiger charge is 2.32. The van der Waals surface area contributed by atoms with E-state index >= 15 is 0 Å². The van der Waals surface area contributed by atoms with Gasteiger partial charge in [-0.2, -0.15) is 0 Å². The molecule has 0 radical (unpaired) electrons. The van der Waals surface area contributed by atoms with E-state index in [1.165, 1.54) is 55.1 Å². The van der Waals surface area contributed by atoms with E-state index in [0.717, 1.165) is 52.6 Å². The Morgan fingerprint density at radius 1 is 0.593 bits per heavy atom. The summed E-state index contributed by atoms with van der Waals surface area (Å²) in [6.45, 7) is 13.6. The Labute approximate surface area is 348 Å². The second kappa shape index (κ2) is 15.7. The molecule has 2 heterocycles. The average molecular weight is 765 g/mol. The Morgan fingerprint density at radius 2 is 1.15 bits per heavy atom. The third-order valence-electron chi connectivity index (χ3n) is 12.0. The van der Waals surface area contributed by atoms with Gasteiger partial charge in [0.15, 0.2) is 0 Å². The molecule has 1 aliphatic rings. The fraction of sp³-hybridized carbons (Fsp3) is 0.127. The monoisotopic (exact) mass is 764 g/mol. The van der Waals surface area contributed by atoms with Crippen molar-refractivity contribution >= 4 is 55.9 Å². The molecule has 0 amide bonds. The number of benzene rings is 6. The van der Waals surface area contributed by atoms with Crippen molar-refractivity contribution < 1.29 is 0 Å². The number of aryl methyl sites for hydroxylation is 1. The molecule has 2 aromatic heterocycles. The summed E-state index contributed by atoms with van der Waals surface area (Å²) in [6, 6.07) is 54.2. The summed E-state index contributed by atoms with van der Waals surface area (Å²) >= 11 is 0. The maximum atomic E-state index is 5.00. The Morgan fingerprint density at radius 3 is 1.75 bits per heavy atom. The predicted octanol–water partition coefficient (Wildman–Crippen LogP) is 15.1. The number of pyridine rings is 2. The molecule has 1 aliphatic carbocycles. The van der Waals surface area contributed by atoms with Crippen LogP contribution in [0.1, 0.15) is 43.4 Å². The highest BCUT2D eigenvalue weighted by Crippen LogP contribution is 2.48. The van der Waals surface area contributed by atoms with Crippen LogP contribution >= 0.6 is 0 Å². The SMILES string of the molecule is C=CC1=C(C(C)(C)c2cc(N(c3ccccn3)c3cccc4ccccc34)cc(-c3cc(N(c4ccccn4)c4cccc5ccccc45)ccc3C)c2C)CCC=C1. The molecule has 0 fully saturated rings. The molecule has 0 saturated heterocycles. The summed E-state index contributed by atoms with van der Waals surface area (Å²) in [5.74, 6) is 1.72.